The van der Waals surface area contributed by atoms with E-state index in [9.17, 15) is 4.79 Å². The predicted molar refractivity (Wildman–Crippen MR) is 102 cm³/mol. The quantitative estimate of drug-likeness (QED) is 0.831. The van der Waals surface area contributed by atoms with Gasteiger partial charge in [0.05, 0.1) is 19.3 Å². The molecule has 6 nitrogen and oxygen atoms in total. The summed E-state index contributed by atoms with van der Waals surface area (Å²) in [7, 11) is 0. The standard InChI is InChI=1S/C17H28N4O2.2ClH/c1-14(15-3-6-18-7-4-15)11-17(22)20-9-10-23-16(12-20)13-21-8-2-5-19-21;;/h2,5,8,14-16,18H,3-4,6-7,9-13H2,1H3;2*1H. The molecule has 1 N–H and O–H groups in total. The van der Waals surface area contributed by atoms with E-state index < -0.39 is 0 Å². The lowest BCUT2D eigenvalue weighted by atomic mass is 9.84. The molecule has 144 valence electrons. The molecular formula is C17H30Cl2N4O2. The number of hydrogen-bond acceptors (Lipinski definition) is 4. The zero-order valence-corrected chi connectivity index (χ0v) is 16.4. The summed E-state index contributed by atoms with van der Waals surface area (Å²) in [5.74, 6) is 1.43. The van der Waals surface area contributed by atoms with Gasteiger partial charge in [-0.25, -0.2) is 0 Å². The Labute approximate surface area is 162 Å². The van der Waals surface area contributed by atoms with Crippen LogP contribution in [0.15, 0.2) is 18.5 Å². The number of amides is 1. The van der Waals surface area contributed by atoms with Crippen molar-refractivity contribution in [3.8, 4) is 0 Å². The fourth-order valence-corrected chi connectivity index (χ4v) is 3.66. The molecule has 0 aliphatic carbocycles. The van der Waals surface area contributed by atoms with Crippen molar-refractivity contribution in [1.29, 1.82) is 0 Å². The van der Waals surface area contributed by atoms with E-state index in [0.717, 1.165) is 13.1 Å². The molecule has 2 aliphatic heterocycles. The maximum atomic E-state index is 12.6. The molecule has 2 fully saturated rings. The number of nitrogens with zero attached hydrogens (tertiary/aromatic N) is 3. The van der Waals surface area contributed by atoms with Crippen LogP contribution >= 0.6 is 24.8 Å². The number of rotatable bonds is 5. The Morgan fingerprint density at radius 1 is 1.36 bits per heavy atom. The van der Waals surface area contributed by atoms with E-state index in [0.29, 0.717) is 44.5 Å². The van der Waals surface area contributed by atoms with E-state index in [1.54, 1.807) is 6.20 Å². The van der Waals surface area contributed by atoms with Gasteiger partial charge in [0.2, 0.25) is 5.91 Å². The van der Waals surface area contributed by atoms with Gasteiger partial charge in [-0.2, -0.15) is 5.10 Å². The smallest absolute Gasteiger partial charge is 0.223 e. The fraction of sp³-hybridized carbons (Fsp3) is 0.765. The molecular weight excluding hydrogens is 363 g/mol. The molecule has 2 unspecified atom stereocenters. The summed E-state index contributed by atoms with van der Waals surface area (Å²) in [4.78, 5) is 14.6. The van der Waals surface area contributed by atoms with Crippen LogP contribution in [0.4, 0.5) is 0 Å². The topological polar surface area (TPSA) is 59.4 Å². The van der Waals surface area contributed by atoms with E-state index in [1.165, 1.54) is 12.8 Å². The van der Waals surface area contributed by atoms with Crippen LogP contribution in [0.1, 0.15) is 26.2 Å². The summed E-state index contributed by atoms with van der Waals surface area (Å²) in [5.41, 5.74) is 0. The maximum absolute atomic E-state index is 12.6. The van der Waals surface area contributed by atoms with Gasteiger partial charge in [0.1, 0.15) is 0 Å². The zero-order valence-electron chi connectivity index (χ0n) is 14.8. The van der Waals surface area contributed by atoms with Crippen LogP contribution < -0.4 is 5.32 Å². The first-order valence-corrected chi connectivity index (χ1v) is 8.80. The highest BCUT2D eigenvalue weighted by atomic mass is 35.5. The van der Waals surface area contributed by atoms with Crippen LogP contribution in [-0.2, 0) is 16.1 Å². The average Bonchev–Trinajstić information content (AvgIpc) is 3.09. The lowest BCUT2D eigenvalue weighted by Gasteiger charge is -2.35. The van der Waals surface area contributed by atoms with E-state index in [-0.39, 0.29) is 36.8 Å². The van der Waals surface area contributed by atoms with Gasteiger partial charge in [-0.3, -0.25) is 9.48 Å². The number of nitrogens with one attached hydrogen (secondary N) is 1. The number of hydrogen-bond donors (Lipinski definition) is 1. The van der Waals surface area contributed by atoms with Gasteiger partial charge in [-0.1, -0.05) is 6.92 Å². The first-order valence-electron chi connectivity index (χ1n) is 8.80. The maximum Gasteiger partial charge on any atom is 0.223 e. The second-order valence-electron chi connectivity index (χ2n) is 6.83. The Morgan fingerprint density at radius 2 is 2.12 bits per heavy atom. The molecule has 2 saturated heterocycles. The van der Waals surface area contributed by atoms with Crippen LogP contribution in [0.25, 0.3) is 0 Å². The summed E-state index contributed by atoms with van der Waals surface area (Å²) < 4.78 is 7.66. The highest BCUT2D eigenvalue weighted by molar-refractivity contribution is 5.85. The van der Waals surface area contributed by atoms with Gasteiger partial charge < -0.3 is 15.0 Å². The van der Waals surface area contributed by atoms with Gasteiger partial charge in [-0.15, -0.1) is 24.8 Å². The number of ether oxygens (including phenoxy) is 1. The Balaban J connectivity index is 0.00000156. The molecule has 8 heteroatoms. The summed E-state index contributed by atoms with van der Waals surface area (Å²) >= 11 is 0. The molecule has 2 atom stereocenters. The number of halogens is 2. The lowest BCUT2D eigenvalue weighted by molar-refractivity contribution is -0.140. The Kier molecular flexibility index (Phi) is 9.79. The van der Waals surface area contributed by atoms with Crippen molar-refractivity contribution in [3.05, 3.63) is 18.5 Å². The van der Waals surface area contributed by atoms with Gasteiger partial charge >= 0.3 is 0 Å². The first kappa shape index (κ1) is 22.2. The van der Waals surface area contributed by atoms with Crippen molar-refractivity contribution in [2.75, 3.05) is 32.8 Å². The Bertz CT molecular complexity index is 495. The molecule has 0 bridgehead atoms. The minimum Gasteiger partial charge on any atom is -0.373 e. The SMILES string of the molecule is CC(CC(=O)N1CCOC(Cn2cccn2)C1)C1CCNCC1.Cl.Cl. The van der Waals surface area contributed by atoms with E-state index in [4.69, 9.17) is 4.74 Å². The molecule has 1 aromatic rings. The van der Waals surface area contributed by atoms with E-state index >= 15 is 0 Å². The largest absolute Gasteiger partial charge is 0.373 e. The molecule has 0 radical (unpaired) electrons. The second-order valence-corrected chi connectivity index (χ2v) is 6.83. The predicted octanol–water partition coefficient (Wildman–Crippen LogP) is 1.98. The van der Waals surface area contributed by atoms with Crippen LogP contribution in [-0.4, -0.2) is 59.5 Å². The molecule has 1 aromatic heterocycles. The highest BCUT2D eigenvalue weighted by Gasteiger charge is 2.28. The second kappa shape index (κ2) is 11.0. The molecule has 2 aliphatic rings. The van der Waals surface area contributed by atoms with Crippen molar-refractivity contribution >= 4 is 30.7 Å². The molecule has 0 aromatic carbocycles. The van der Waals surface area contributed by atoms with Crippen LogP contribution in [0.2, 0.25) is 0 Å². The summed E-state index contributed by atoms with van der Waals surface area (Å²) in [6.07, 6.45) is 6.80. The molecule has 0 saturated carbocycles. The van der Waals surface area contributed by atoms with Crippen molar-refractivity contribution in [2.24, 2.45) is 11.8 Å². The summed E-state index contributed by atoms with van der Waals surface area (Å²) in [6, 6.07) is 1.91. The van der Waals surface area contributed by atoms with Crippen LogP contribution in [0, 0.1) is 11.8 Å². The van der Waals surface area contributed by atoms with Gasteiger partial charge in [-0.05, 0) is 43.8 Å². The average molecular weight is 393 g/mol. The van der Waals surface area contributed by atoms with Crippen LogP contribution in [0.5, 0.6) is 0 Å². The molecule has 25 heavy (non-hydrogen) atoms. The zero-order chi connectivity index (χ0) is 16.1. The molecule has 3 heterocycles. The number of carbonyl (C=O) groups excluding carboxylic acids is 1. The lowest BCUT2D eigenvalue weighted by Crippen LogP contribution is -2.47. The van der Waals surface area contributed by atoms with Crippen molar-refractivity contribution in [3.63, 3.8) is 0 Å². The third-order valence-electron chi connectivity index (χ3n) is 5.13. The van der Waals surface area contributed by atoms with Crippen molar-refractivity contribution in [1.82, 2.24) is 20.0 Å². The normalized spacial score (nSPS) is 22.6. The molecule has 0 spiro atoms. The number of morpholine rings is 1. The van der Waals surface area contributed by atoms with Crippen molar-refractivity contribution < 1.29 is 9.53 Å². The Morgan fingerprint density at radius 3 is 2.80 bits per heavy atom. The first-order chi connectivity index (χ1) is 11.2. The summed E-state index contributed by atoms with van der Waals surface area (Å²) in [6.45, 7) is 7.14. The monoisotopic (exact) mass is 392 g/mol. The third kappa shape index (κ3) is 6.44. The van der Waals surface area contributed by atoms with Gasteiger partial charge in [0.15, 0.2) is 0 Å². The number of aromatic nitrogens is 2. The molecule has 1 amide bonds. The van der Waals surface area contributed by atoms with Crippen molar-refractivity contribution in [2.45, 2.75) is 38.8 Å². The third-order valence-corrected chi connectivity index (χ3v) is 5.13. The van der Waals surface area contributed by atoms with Crippen LogP contribution in [0.3, 0.4) is 0 Å². The highest BCUT2D eigenvalue weighted by Crippen LogP contribution is 2.25. The van der Waals surface area contributed by atoms with E-state index in [2.05, 4.69) is 17.3 Å². The molecule has 3 rings (SSSR count). The minimum absolute atomic E-state index is 0. The number of piperidine rings is 1. The minimum atomic E-state index is 0. The van der Waals surface area contributed by atoms with E-state index in [1.807, 2.05) is 21.8 Å². The Hall–Kier alpha value is -0.820. The van der Waals surface area contributed by atoms with Gasteiger partial charge in [0.25, 0.3) is 0 Å². The fourth-order valence-electron chi connectivity index (χ4n) is 3.66. The summed E-state index contributed by atoms with van der Waals surface area (Å²) in [5, 5.41) is 7.61. The number of carbonyl (C=O) groups is 1. The van der Waals surface area contributed by atoms with Gasteiger partial charge in [0, 0.05) is 31.9 Å².